The van der Waals surface area contributed by atoms with E-state index in [1.54, 1.807) is 0 Å². The first-order chi connectivity index (χ1) is 8.29. The van der Waals surface area contributed by atoms with E-state index in [1.807, 2.05) is 12.5 Å². The molecule has 0 bridgehead atoms. The van der Waals surface area contributed by atoms with Crippen LogP contribution in [0.3, 0.4) is 0 Å². The molecule has 4 nitrogen and oxygen atoms in total. The Morgan fingerprint density at radius 2 is 2.24 bits per heavy atom. The minimum Gasteiger partial charge on any atom is -0.330 e. The van der Waals surface area contributed by atoms with Gasteiger partial charge in [0.2, 0.25) is 0 Å². The van der Waals surface area contributed by atoms with E-state index in [9.17, 15) is 0 Å². The van der Waals surface area contributed by atoms with Crippen LogP contribution < -0.4 is 5.73 Å². The zero-order valence-corrected chi connectivity index (χ0v) is 10.5. The van der Waals surface area contributed by atoms with Gasteiger partial charge in [0.05, 0.1) is 18.1 Å². The third kappa shape index (κ3) is 2.38. The lowest BCUT2D eigenvalue weighted by atomic mass is 10.1. The average molecular weight is 234 g/mol. The molecule has 2 fully saturated rings. The van der Waals surface area contributed by atoms with Crippen LogP contribution in [-0.4, -0.2) is 34.6 Å². The van der Waals surface area contributed by atoms with Crippen molar-refractivity contribution in [3.63, 3.8) is 0 Å². The molecule has 0 amide bonds. The maximum atomic E-state index is 5.97. The highest BCUT2D eigenvalue weighted by Crippen LogP contribution is 2.38. The Kier molecular flexibility index (Phi) is 2.92. The Hall–Kier alpha value is -0.870. The van der Waals surface area contributed by atoms with Gasteiger partial charge in [-0.25, -0.2) is 4.98 Å². The van der Waals surface area contributed by atoms with Crippen molar-refractivity contribution in [2.75, 3.05) is 20.1 Å². The van der Waals surface area contributed by atoms with Gasteiger partial charge in [-0.15, -0.1) is 0 Å². The highest BCUT2D eigenvalue weighted by Gasteiger charge is 2.31. The Morgan fingerprint density at radius 3 is 2.82 bits per heavy atom. The standard InChI is InChI=1S/C13H22N4/c1-16(8-10-2-3-10)12(6-14)13-7-15-9-17(13)11-4-5-11/h7,9-12H,2-6,8,14H2,1H3. The largest absolute Gasteiger partial charge is 0.330 e. The minimum atomic E-state index is 0.332. The summed E-state index contributed by atoms with van der Waals surface area (Å²) in [4.78, 5) is 6.72. The van der Waals surface area contributed by atoms with Crippen molar-refractivity contribution < 1.29 is 0 Å². The predicted octanol–water partition coefficient (Wildman–Crippen LogP) is 1.56. The summed E-state index contributed by atoms with van der Waals surface area (Å²) in [6.07, 6.45) is 9.35. The van der Waals surface area contributed by atoms with E-state index in [0.717, 1.165) is 5.92 Å². The molecule has 3 rings (SSSR count). The molecule has 0 spiro atoms. The van der Waals surface area contributed by atoms with E-state index >= 15 is 0 Å². The fraction of sp³-hybridized carbons (Fsp3) is 0.769. The Labute approximate surface area is 103 Å². The van der Waals surface area contributed by atoms with Crippen LogP contribution in [0.4, 0.5) is 0 Å². The predicted molar refractivity (Wildman–Crippen MR) is 67.6 cm³/mol. The molecule has 0 aliphatic heterocycles. The second kappa shape index (κ2) is 4.42. The Balaban J connectivity index is 1.75. The van der Waals surface area contributed by atoms with Crippen LogP contribution in [0.25, 0.3) is 0 Å². The second-order valence-electron chi connectivity index (χ2n) is 5.59. The molecule has 0 saturated heterocycles. The number of likely N-dealkylation sites (N-methyl/N-ethyl adjacent to an activating group) is 1. The van der Waals surface area contributed by atoms with E-state index in [1.165, 1.54) is 37.9 Å². The molecule has 0 aromatic carbocycles. The lowest BCUT2D eigenvalue weighted by Gasteiger charge is -2.27. The number of hydrogen-bond donors (Lipinski definition) is 1. The van der Waals surface area contributed by atoms with Gasteiger partial charge < -0.3 is 10.3 Å². The van der Waals surface area contributed by atoms with Crippen LogP contribution in [0.5, 0.6) is 0 Å². The molecule has 1 atom stereocenters. The number of aromatic nitrogens is 2. The summed E-state index contributed by atoms with van der Waals surface area (Å²) in [5.41, 5.74) is 7.27. The lowest BCUT2D eigenvalue weighted by Crippen LogP contribution is -2.33. The number of nitrogens with zero attached hydrogens (tertiary/aromatic N) is 3. The number of rotatable bonds is 6. The van der Waals surface area contributed by atoms with Gasteiger partial charge in [-0.3, -0.25) is 4.90 Å². The molecule has 2 aliphatic rings. The second-order valence-corrected chi connectivity index (χ2v) is 5.59. The number of nitrogens with two attached hydrogens (primary N) is 1. The van der Waals surface area contributed by atoms with Crippen molar-refractivity contribution in [2.45, 2.75) is 37.8 Å². The summed E-state index contributed by atoms with van der Waals surface area (Å²) < 4.78 is 2.33. The summed E-state index contributed by atoms with van der Waals surface area (Å²) in [5, 5.41) is 0. The molecule has 94 valence electrons. The van der Waals surface area contributed by atoms with Gasteiger partial charge in [-0.1, -0.05) is 0 Å². The van der Waals surface area contributed by atoms with Crippen LogP contribution in [-0.2, 0) is 0 Å². The zero-order chi connectivity index (χ0) is 11.8. The number of hydrogen-bond acceptors (Lipinski definition) is 3. The van der Waals surface area contributed by atoms with Gasteiger partial charge in [0.1, 0.15) is 0 Å². The number of imidazole rings is 1. The molecule has 1 unspecified atom stereocenters. The highest BCUT2D eigenvalue weighted by atomic mass is 15.2. The molecule has 1 aromatic rings. The summed E-state index contributed by atoms with van der Waals surface area (Å²) in [7, 11) is 2.19. The van der Waals surface area contributed by atoms with E-state index in [-0.39, 0.29) is 0 Å². The first-order valence-corrected chi connectivity index (χ1v) is 6.71. The van der Waals surface area contributed by atoms with Crippen molar-refractivity contribution in [1.29, 1.82) is 0 Å². The minimum absolute atomic E-state index is 0.332. The van der Waals surface area contributed by atoms with Gasteiger partial charge in [-0.2, -0.15) is 0 Å². The van der Waals surface area contributed by atoms with Crippen LogP contribution in [0.2, 0.25) is 0 Å². The molecule has 1 heterocycles. The van der Waals surface area contributed by atoms with E-state index in [4.69, 9.17) is 5.73 Å². The maximum absolute atomic E-state index is 5.97. The van der Waals surface area contributed by atoms with Gasteiger partial charge in [0.15, 0.2) is 0 Å². The van der Waals surface area contributed by atoms with Gasteiger partial charge in [-0.05, 0) is 38.6 Å². The van der Waals surface area contributed by atoms with Crippen molar-refractivity contribution in [1.82, 2.24) is 14.5 Å². The average Bonchev–Trinajstić information content (AvgIpc) is 3.23. The van der Waals surface area contributed by atoms with E-state index < -0.39 is 0 Å². The molecule has 2 saturated carbocycles. The Bertz CT molecular complexity index is 379. The monoisotopic (exact) mass is 234 g/mol. The summed E-state index contributed by atoms with van der Waals surface area (Å²) in [5.74, 6) is 0.909. The smallest absolute Gasteiger partial charge is 0.0951 e. The molecule has 4 heteroatoms. The molecule has 2 aliphatic carbocycles. The molecular formula is C13H22N4. The molecule has 1 aromatic heterocycles. The zero-order valence-electron chi connectivity index (χ0n) is 10.5. The first-order valence-electron chi connectivity index (χ1n) is 6.71. The van der Waals surface area contributed by atoms with E-state index in [2.05, 4.69) is 21.5 Å². The quantitative estimate of drug-likeness (QED) is 0.812. The maximum Gasteiger partial charge on any atom is 0.0951 e. The van der Waals surface area contributed by atoms with Crippen molar-refractivity contribution in [2.24, 2.45) is 11.7 Å². The topological polar surface area (TPSA) is 47.1 Å². The van der Waals surface area contributed by atoms with Crippen molar-refractivity contribution >= 4 is 0 Å². The third-order valence-corrected chi connectivity index (χ3v) is 3.98. The summed E-state index contributed by atoms with van der Waals surface area (Å²) in [6.45, 7) is 1.86. The van der Waals surface area contributed by atoms with Crippen LogP contribution in [0, 0.1) is 5.92 Å². The molecule has 0 radical (unpaired) electrons. The third-order valence-electron chi connectivity index (χ3n) is 3.98. The fourth-order valence-electron chi connectivity index (χ4n) is 2.59. The van der Waals surface area contributed by atoms with Crippen LogP contribution in [0.15, 0.2) is 12.5 Å². The summed E-state index contributed by atoms with van der Waals surface area (Å²) in [6, 6.07) is 1.02. The van der Waals surface area contributed by atoms with Crippen LogP contribution in [0.1, 0.15) is 43.5 Å². The van der Waals surface area contributed by atoms with Gasteiger partial charge in [0.25, 0.3) is 0 Å². The van der Waals surface area contributed by atoms with Crippen LogP contribution >= 0.6 is 0 Å². The Morgan fingerprint density at radius 1 is 1.47 bits per heavy atom. The first kappa shape index (κ1) is 11.2. The molecule has 2 N–H and O–H groups in total. The molecular weight excluding hydrogens is 212 g/mol. The van der Waals surface area contributed by atoms with E-state index in [0.29, 0.717) is 18.6 Å². The summed E-state index contributed by atoms with van der Waals surface area (Å²) >= 11 is 0. The SMILES string of the molecule is CN(CC1CC1)C(CN)c1cncn1C1CC1. The highest BCUT2D eigenvalue weighted by molar-refractivity contribution is 5.10. The van der Waals surface area contributed by atoms with Gasteiger partial charge in [0, 0.05) is 25.3 Å². The molecule has 17 heavy (non-hydrogen) atoms. The lowest BCUT2D eigenvalue weighted by molar-refractivity contribution is 0.231. The normalized spacial score (nSPS) is 22.1. The van der Waals surface area contributed by atoms with Crippen molar-refractivity contribution in [3.8, 4) is 0 Å². The van der Waals surface area contributed by atoms with Crippen molar-refractivity contribution in [3.05, 3.63) is 18.2 Å². The fourth-order valence-corrected chi connectivity index (χ4v) is 2.59. The van der Waals surface area contributed by atoms with Gasteiger partial charge >= 0.3 is 0 Å².